The highest BCUT2D eigenvalue weighted by Crippen LogP contribution is 2.53. The first-order chi connectivity index (χ1) is 12.3. The second-order valence-electron chi connectivity index (χ2n) is 8.85. The minimum Gasteiger partial charge on any atom is -0.508 e. The number of aromatic hydroxyl groups is 1. The predicted molar refractivity (Wildman–Crippen MR) is 106 cm³/mol. The van der Waals surface area contributed by atoms with Crippen molar-refractivity contribution in [1.29, 1.82) is 0 Å². The summed E-state index contributed by atoms with van der Waals surface area (Å²) in [6.45, 7) is 10.8. The maximum absolute atomic E-state index is 10.8. The van der Waals surface area contributed by atoms with E-state index in [0.29, 0.717) is 12.2 Å². The number of allylic oxidation sites excluding steroid dienone is 1. The Balaban J connectivity index is 1.87. The van der Waals surface area contributed by atoms with Crippen LogP contribution in [0.2, 0.25) is 0 Å². The molecule has 144 valence electrons. The van der Waals surface area contributed by atoms with Crippen molar-refractivity contribution in [3.8, 4) is 11.5 Å². The average molecular weight is 359 g/mol. The number of aliphatic hydroxyl groups excluding tert-OH is 1. The summed E-state index contributed by atoms with van der Waals surface area (Å²) in [5.74, 6) is 2.14. The maximum atomic E-state index is 10.8. The molecule has 0 spiro atoms. The number of unbranched alkanes of at least 4 members (excludes halogenated alkanes) is 3. The van der Waals surface area contributed by atoms with Gasteiger partial charge in [0.1, 0.15) is 17.3 Å². The Hall–Kier alpha value is -1.48. The summed E-state index contributed by atoms with van der Waals surface area (Å²) in [5.41, 5.74) is 1.98. The first-order valence-corrected chi connectivity index (χ1v) is 10.3. The number of aliphatic hydroxyl groups is 1. The molecule has 1 fully saturated rings. The molecule has 1 heterocycles. The van der Waals surface area contributed by atoms with Gasteiger partial charge in [0.15, 0.2) is 0 Å². The monoisotopic (exact) mass is 358 g/mol. The van der Waals surface area contributed by atoms with E-state index in [9.17, 15) is 10.2 Å². The lowest BCUT2D eigenvalue weighted by molar-refractivity contribution is 0.0844. The molecule has 26 heavy (non-hydrogen) atoms. The molecule has 1 unspecified atom stereocenters. The molecular weight excluding hydrogens is 324 g/mol. The van der Waals surface area contributed by atoms with E-state index in [4.69, 9.17) is 4.74 Å². The van der Waals surface area contributed by atoms with Gasteiger partial charge < -0.3 is 14.9 Å². The van der Waals surface area contributed by atoms with Gasteiger partial charge in [0.2, 0.25) is 0 Å². The Labute approximate surface area is 158 Å². The first-order valence-electron chi connectivity index (χ1n) is 10.3. The molecule has 0 aromatic heterocycles. The Morgan fingerprint density at radius 2 is 1.92 bits per heavy atom. The van der Waals surface area contributed by atoms with Crippen LogP contribution in [-0.4, -0.2) is 16.3 Å². The molecular formula is C23H34O3. The lowest BCUT2D eigenvalue weighted by Gasteiger charge is -2.40. The van der Waals surface area contributed by atoms with E-state index in [1.807, 2.05) is 6.07 Å². The normalized spacial score (nSPS) is 25.4. The van der Waals surface area contributed by atoms with Crippen LogP contribution in [0.25, 0.3) is 0 Å². The van der Waals surface area contributed by atoms with Crippen molar-refractivity contribution in [2.24, 2.45) is 5.92 Å². The molecule has 3 heteroatoms. The van der Waals surface area contributed by atoms with Crippen molar-refractivity contribution in [3.05, 3.63) is 35.6 Å². The highest BCUT2D eigenvalue weighted by Gasteiger charge is 2.40. The third-order valence-corrected chi connectivity index (χ3v) is 6.41. The third kappa shape index (κ3) is 3.78. The fourth-order valence-corrected chi connectivity index (χ4v) is 4.67. The number of hydrogen-bond acceptors (Lipinski definition) is 3. The molecule has 1 saturated carbocycles. The van der Waals surface area contributed by atoms with Crippen LogP contribution in [0, 0.1) is 5.92 Å². The molecule has 3 rings (SSSR count). The van der Waals surface area contributed by atoms with E-state index in [-0.39, 0.29) is 23.4 Å². The van der Waals surface area contributed by atoms with Crippen molar-refractivity contribution in [3.63, 3.8) is 0 Å². The van der Waals surface area contributed by atoms with Gasteiger partial charge in [0, 0.05) is 17.4 Å². The third-order valence-electron chi connectivity index (χ3n) is 6.41. The van der Waals surface area contributed by atoms with E-state index in [1.54, 1.807) is 0 Å². The number of hydrogen-bond donors (Lipinski definition) is 2. The van der Waals surface area contributed by atoms with E-state index in [2.05, 4.69) is 33.4 Å². The topological polar surface area (TPSA) is 49.7 Å². The Morgan fingerprint density at radius 1 is 1.15 bits per heavy atom. The van der Waals surface area contributed by atoms with Gasteiger partial charge >= 0.3 is 0 Å². The van der Waals surface area contributed by atoms with Gasteiger partial charge in [-0.05, 0) is 48.8 Å². The second-order valence-corrected chi connectivity index (χ2v) is 8.85. The Morgan fingerprint density at radius 3 is 2.65 bits per heavy atom. The van der Waals surface area contributed by atoms with Crippen LogP contribution in [-0.2, 0) is 5.41 Å². The van der Waals surface area contributed by atoms with E-state index >= 15 is 0 Å². The molecule has 0 saturated heterocycles. The van der Waals surface area contributed by atoms with Gasteiger partial charge in [0.25, 0.3) is 0 Å². The zero-order valence-corrected chi connectivity index (χ0v) is 16.6. The predicted octanol–water partition coefficient (Wildman–Crippen LogP) is 5.79. The minimum absolute atomic E-state index is 0.00608. The quantitative estimate of drug-likeness (QED) is 0.633. The van der Waals surface area contributed by atoms with Crippen molar-refractivity contribution in [1.82, 2.24) is 0 Å². The molecule has 0 amide bonds. The molecule has 0 radical (unpaired) electrons. The van der Waals surface area contributed by atoms with Crippen LogP contribution in [0.3, 0.4) is 0 Å². The van der Waals surface area contributed by atoms with Crippen molar-refractivity contribution in [2.45, 2.75) is 89.6 Å². The molecule has 0 bridgehead atoms. The SMILES string of the molecule is C=C1Oc2cc(C(C)(C)CCCCCC)cc(O)c2[C@H]2CC(O)CC[C@H]12. The second kappa shape index (κ2) is 7.64. The highest BCUT2D eigenvalue weighted by atomic mass is 16.5. The largest absolute Gasteiger partial charge is 0.508 e. The highest BCUT2D eigenvalue weighted by molar-refractivity contribution is 5.54. The zero-order chi connectivity index (χ0) is 18.9. The van der Waals surface area contributed by atoms with Gasteiger partial charge in [-0.25, -0.2) is 0 Å². The summed E-state index contributed by atoms with van der Waals surface area (Å²) in [5, 5.41) is 21.0. The van der Waals surface area contributed by atoms with Crippen molar-refractivity contribution >= 4 is 0 Å². The van der Waals surface area contributed by atoms with Gasteiger partial charge in [-0.2, -0.15) is 0 Å². The van der Waals surface area contributed by atoms with Crippen molar-refractivity contribution in [2.75, 3.05) is 0 Å². The molecule has 3 nitrogen and oxygen atoms in total. The van der Waals surface area contributed by atoms with Crippen LogP contribution in [0.1, 0.15) is 89.2 Å². The molecule has 1 aliphatic carbocycles. The van der Waals surface area contributed by atoms with Crippen LogP contribution in [0.15, 0.2) is 24.5 Å². The number of phenolic OH excluding ortho intramolecular Hbond substituents is 1. The fourth-order valence-electron chi connectivity index (χ4n) is 4.67. The Bertz CT molecular complexity index is 662. The number of fused-ring (bicyclic) bond motifs is 3. The van der Waals surface area contributed by atoms with Crippen LogP contribution in [0.5, 0.6) is 11.5 Å². The molecule has 1 aliphatic heterocycles. The summed E-state index contributed by atoms with van der Waals surface area (Å²) >= 11 is 0. The summed E-state index contributed by atoms with van der Waals surface area (Å²) in [6.07, 6.45) is 8.09. The minimum atomic E-state index is -0.302. The number of benzene rings is 1. The number of phenols is 1. The summed E-state index contributed by atoms with van der Waals surface area (Å²) in [4.78, 5) is 0. The molecule has 1 aromatic carbocycles. The van der Waals surface area contributed by atoms with Crippen LogP contribution < -0.4 is 4.74 Å². The van der Waals surface area contributed by atoms with Crippen LogP contribution >= 0.6 is 0 Å². The van der Waals surface area contributed by atoms with Crippen LogP contribution in [0.4, 0.5) is 0 Å². The lowest BCUT2D eigenvalue weighted by Crippen LogP contribution is -2.32. The number of ether oxygens (including phenoxy) is 1. The number of rotatable bonds is 6. The summed E-state index contributed by atoms with van der Waals surface area (Å²) < 4.78 is 6.06. The summed E-state index contributed by atoms with van der Waals surface area (Å²) in [6, 6.07) is 4.02. The Kier molecular flexibility index (Phi) is 5.67. The van der Waals surface area contributed by atoms with Crippen molar-refractivity contribution < 1.29 is 14.9 Å². The van der Waals surface area contributed by atoms with Gasteiger partial charge in [-0.3, -0.25) is 0 Å². The lowest BCUT2D eigenvalue weighted by atomic mass is 9.70. The zero-order valence-electron chi connectivity index (χ0n) is 16.6. The average Bonchev–Trinajstić information content (AvgIpc) is 2.58. The van der Waals surface area contributed by atoms with Gasteiger partial charge in [-0.1, -0.05) is 53.0 Å². The first kappa shape index (κ1) is 19.3. The van der Waals surface area contributed by atoms with Gasteiger partial charge in [-0.15, -0.1) is 0 Å². The molecule has 2 N–H and O–H groups in total. The maximum Gasteiger partial charge on any atom is 0.134 e. The molecule has 1 aromatic rings. The smallest absolute Gasteiger partial charge is 0.134 e. The van der Waals surface area contributed by atoms with E-state index in [0.717, 1.165) is 41.9 Å². The standard InChI is InChI=1S/C23H34O3/c1-5-6-7-8-11-23(3,4)16-12-20(25)22-19-14-17(24)9-10-18(19)15(2)26-21(22)13-16/h12-13,17-19,24-25H,2,5-11,14H2,1,3-4H3/t17?,18-,19+/m1/s1. The molecule has 3 atom stereocenters. The van der Waals surface area contributed by atoms with Gasteiger partial charge in [0.05, 0.1) is 6.10 Å². The molecule has 2 aliphatic rings. The van der Waals surface area contributed by atoms with E-state index < -0.39 is 0 Å². The van der Waals surface area contributed by atoms with E-state index in [1.165, 1.54) is 25.7 Å². The fraction of sp³-hybridized carbons (Fsp3) is 0.652. The summed E-state index contributed by atoms with van der Waals surface area (Å²) in [7, 11) is 0.